The third-order valence-corrected chi connectivity index (χ3v) is 7.50. The van der Waals surface area contributed by atoms with Crippen molar-refractivity contribution in [1.82, 2.24) is 5.32 Å². The van der Waals surface area contributed by atoms with Crippen molar-refractivity contribution in [3.05, 3.63) is 65.2 Å². The molecule has 0 aromatic heterocycles. The second-order valence-electron chi connectivity index (χ2n) is 10.9. The van der Waals surface area contributed by atoms with Crippen molar-refractivity contribution >= 4 is 29.4 Å². The molecule has 0 saturated heterocycles. The third-order valence-electron chi connectivity index (χ3n) is 7.24. The Labute approximate surface area is 243 Å². The molecule has 40 heavy (non-hydrogen) atoms. The Hall–Kier alpha value is -3.06. The van der Waals surface area contributed by atoms with E-state index >= 15 is 0 Å². The van der Waals surface area contributed by atoms with Crippen LogP contribution in [-0.4, -0.2) is 44.2 Å². The number of esters is 2. The SMILES string of the molecule is CCCCOC(=O)C(C)(CC(C)c1ccccc1)CC(C)(CC)C(=O)OCCNC(=O)COc1ccc(Cl)cc1. The molecule has 3 unspecified atom stereocenters. The molecule has 3 atom stereocenters. The molecule has 1 N–H and O–H groups in total. The number of nitrogens with one attached hydrogen (secondary N) is 1. The zero-order valence-electron chi connectivity index (χ0n) is 24.5. The molecular formula is C32H44ClNO6. The Bertz CT molecular complexity index is 1080. The number of benzene rings is 2. The minimum Gasteiger partial charge on any atom is -0.484 e. The second-order valence-corrected chi connectivity index (χ2v) is 11.3. The Morgan fingerprint density at radius 3 is 2.15 bits per heavy atom. The Kier molecular flexibility index (Phi) is 13.5. The quantitative estimate of drug-likeness (QED) is 0.167. The van der Waals surface area contributed by atoms with Gasteiger partial charge in [-0.2, -0.15) is 0 Å². The highest BCUT2D eigenvalue weighted by atomic mass is 35.5. The summed E-state index contributed by atoms with van der Waals surface area (Å²) in [6.07, 6.45) is 3.03. The third kappa shape index (κ3) is 10.5. The van der Waals surface area contributed by atoms with Gasteiger partial charge in [-0.05, 0) is 75.3 Å². The van der Waals surface area contributed by atoms with Gasteiger partial charge in [-0.3, -0.25) is 14.4 Å². The summed E-state index contributed by atoms with van der Waals surface area (Å²) >= 11 is 5.85. The summed E-state index contributed by atoms with van der Waals surface area (Å²) < 4.78 is 16.7. The molecule has 0 aliphatic rings. The minimum atomic E-state index is -0.906. The summed E-state index contributed by atoms with van der Waals surface area (Å²) in [4.78, 5) is 38.8. The molecule has 220 valence electrons. The zero-order chi connectivity index (χ0) is 29.6. The summed E-state index contributed by atoms with van der Waals surface area (Å²) in [6.45, 7) is 10.1. The summed E-state index contributed by atoms with van der Waals surface area (Å²) in [5, 5.41) is 3.27. The average molecular weight is 574 g/mol. The van der Waals surface area contributed by atoms with Crippen molar-refractivity contribution in [3.8, 4) is 5.75 Å². The normalized spacial score (nSPS) is 14.8. The van der Waals surface area contributed by atoms with E-state index in [1.165, 1.54) is 0 Å². The molecule has 0 fully saturated rings. The number of carbonyl (C=O) groups is 3. The van der Waals surface area contributed by atoms with Crippen LogP contribution in [0.25, 0.3) is 0 Å². The Balaban J connectivity index is 1.97. The lowest BCUT2D eigenvalue weighted by molar-refractivity contribution is -0.165. The standard InChI is InChI=1S/C32H44ClNO6/c1-6-8-19-38-30(37)32(5,21-24(3)25-12-10-9-11-13-25)23-31(4,7-2)29(36)39-20-18-34-28(35)22-40-27-16-14-26(33)15-17-27/h9-17,24H,6-8,18-23H2,1-5H3,(H,34,35). The van der Waals surface area contributed by atoms with Gasteiger partial charge in [0.2, 0.25) is 0 Å². The van der Waals surface area contributed by atoms with Crippen LogP contribution in [0.15, 0.2) is 54.6 Å². The first-order chi connectivity index (χ1) is 19.0. The van der Waals surface area contributed by atoms with Gasteiger partial charge in [0.1, 0.15) is 12.4 Å². The van der Waals surface area contributed by atoms with Crippen LogP contribution in [0.2, 0.25) is 5.02 Å². The molecule has 0 heterocycles. The van der Waals surface area contributed by atoms with Crippen LogP contribution in [0.3, 0.4) is 0 Å². The minimum absolute atomic E-state index is 0.0131. The van der Waals surface area contributed by atoms with Gasteiger partial charge < -0.3 is 19.5 Å². The first kappa shape index (κ1) is 33.1. The van der Waals surface area contributed by atoms with Gasteiger partial charge in [0.25, 0.3) is 5.91 Å². The van der Waals surface area contributed by atoms with Gasteiger partial charge in [-0.15, -0.1) is 0 Å². The lowest BCUT2D eigenvalue weighted by Crippen LogP contribution is -2.41. The predicted octanol–water partition coefficient (Wildman–Crippen LogP) is 6.73. The molecule has 0 radical (unpaired) electrons. The molecule has 1 amide bonds. The van der Waals surface area contributed by atoms with Crippen LogP contribution in [0, 0.1) is 10.8 Å². The number of ether oxygens (including phenoxy) is 3. The number of rotatable bonds is 17. The number of unbranched alkanes of at least 4 members (excludes halogenated alkanes) is 1. The van der Waals surface area contributed by atoms with E-state index in [1.54, 1.807) is 24.3 Å². The highest BCUT2D eigenvalue weighted by Gasteiger charge is 2.46. The zero-order valence-corrected chi connectivity index (χ0v) is 25.2. The topological polar surface area (TPSA) is 90.9 Å². The van der Waals surface area contributed by atoms with E-state index in [2.05, 4.69) is 24.4 Å². The molecule has 2 rings (SSSR count). The lowest BCUT2D eigenvalue weighted by atomic mass is 9.67. The molecule has 2 aromatic rings. The van der Waals surface area contributed by atoms with E-state index in [4.69, 9.17) is 25.8 Å². The van der Waals surface area contributed by atoms with Crippen molar-refractivity contribution in [2.75, 3.05) is 26.4 Å². The van der Waals surface area contributed by atoms with E-state index in [0.29, 0.717) is 36.6 Å². The van der Waals surface area contributed by atoms with Gasteiger partial charge in [-0.1, -0.05) is 69.1 Å². The van der Waals surface area contributed by atoms with Gasteiger partial charge in [-0.25, -0.2) is 0 Å². The molecule has 8 heteroatoms. The number of hydrogen-bond donors (Lipinski definition) is 1. The van der Waals surface area contributed by atoms with Gasteiger partial charge >= 0.3 is 11.9 Å². The molecule has 0 bridgehead atoms. The maximum atomic E-state index is 13.4. The van der Waals surface area contributed by atoms with Crippen molar-refractivity contribution in [1.29, 1.82) is 0 Å². The second kappa shape index (κ2) is 16.3. The molecular weight excluding hydrogens is 530 g/mol. The van der Waals surface area contributed by atoms with E-state index < -0.39 is 16.8 Å². The summed E-state index contributed by atoms with van der Waals surface area (Å²) in [5.41, 5.74) is -0.664. The molecule has 7 nitrogen and oxygen atoms in total. The largest absolute Gasteiger partial charge is 0.484 e. The monoisotopic (exact) mass is 573 g/mol. The highest BCUT2D eigenvalue weighted by molar-refractivity contribution is 6.30. The molecule has 2 aromatic carbocycles. The number of halogens is 1. The van der Waals surface area contributed by atoms with E-state index in [-0.39, 0.29) is 37.6 Å². The summed E-state index contributed by atoms with van der Waals surface area (Å²) in [5.74, 6) is -0.401. The van der Waals surface area contributed by atoms with E-state index in [0.717, 1.165) is 18.4 Å². The van der Waals surface area contributed by atoms with Crippen LogP contribution in [0.1, 0.15) is 78.2 Å². The van der Waals surface area contributed by atoms with Gasteiger partial charge in [0.05, 0.1) is 24.0 Å². The van der Waals surface area contributed by atoms with Crippen molar-refractivity contribution in [3.63, 3.8) is 0 Å². The van der Waals surface area contributed by atoms with Crippen molar-refractivity contribution < 1.29 is 28.6 Å². The van der Waals surface area contributed by atoms with Crippen LogP contribution in [0.5, 0.6) is 5.75 Å². The Morgan fingerprint density at radius 2 is 1.52 bits per heavy atom. The van der Waals surface area contributed by atoms with Crippen molar-refractivity contribution in [2.45, 2.75) is 72.6 Å². The van der Waals surface area contributed by atoms with E-state index in [1.807, 2.05) is 45.9 Å². The number of amides is 1. The molecule has 0 aliphatic carbocycles. The molecule has 0 aliphatic heterocycles. The fraction of sp³-hybridized carbons (Fsp3) is 0.531. The van der Waals surface area contributed by atoms with Crippen LogP contribution in [0.4, 0.5) is 0 Å². The fourth-order valence-electron chi connectivity index (χ4n) is 4.73. The summed E-state index contributed by atoms with van der Waals surface area (Å²) in [7, 11) is 0. The summed E-state index contributed by atoms with van der Waals surface area (Å²) in [6, 6.07) is 16.7. The smallest absolute Gasteiger partial charge is 0.311 e. The first-order valence-electron chi connectivity index (χ1n) is 14.1. The average Bonchev–Trinajstić information content (AvgIpc) is 2.95. The van der Waals surface area contributed by atoms with Crippen LogP contribution in [-0.2, 0) is 23.9 Å². The maximum absolute atomic E-state index is 13.4. The first-order valence-corrected chi connectivity index (χ1v) is 14.4. The highest BCUT2D eigenvalue weighted by Crippen LogP contribution is 2.44. The predicted molar refractivity (Wildman–Crippen MR) is 157 cm³/mol. The Morgan fingerprint density at radius 1 is 0.900 bits per heavy atom. The van der Waals surface area contributed by atoms with E-state index in [9.17, 15) is 14.4 Å². The van der Waals surface area contributed by atoms with Crippen molar-refractivity contribution in [2.24, 2.45) is 10.8 Å². The lowest BCUT2D eigenvalue weighted by Gasteiger charge is -2.37. The number of carbonyl (C=O) groups excluding carboxylic acids is 3. The number of hydrogen-bond acceptors (Lipinski definition) is 6. The fourth-order valence-corrected chi connectivity index (χ4v) is 4.85. The van der Waals surface area contributed by atoms with Crippen LogP contribution < -0.4 is 10.1 Å². The van der Waals surface area contributed by atoms with Gasteiger partial charge in [0, 0.05) is 5.02 Å². The van der Waals surface area contributed by atoms with Gasteiger partial charge in [0.15, 0.2) is 6.61 Å². The molecule has 0 spiro atoms. The maximum Gasteiger partial charge on any atom is 0.311 e. The van der Waals surface area contributed by atoms with Crippen LogP contribution >= 0.6 is 11.6 Å². The molecule has 0 saturated carbocycles.